The van der Waals surface area contributed by atoms with Gasteiger partial charge in [0.2, 0.25) is 5.91 Å². The zero-order valence-electron chi connectivity index (χ0n) is 17.0. The van der Waals surface area contributed by atoms with Crippen molar-refractivity contribution in [3.63, 3.8) is 0 Å². The van der Waals surface area contributed by atoms with Crippen LogP contribution >= 0.6 is 0 Å². The normalized spacial score (nSPS) is 13.3. The Labute approximate surface area is 177 Å². The minimum absolute atomic E-state index is 0.0533. The van der Waals surface area contributed by atoms with Gasteiger partial charge in [-0.1, -0.05) is 60.7 Å². The maximum atomic E-state index is 13.3. The quantitative estimate of drug-likeness (QED) is 0.604. The van der Waals surface area contributed by atoms with E-state index in [1.165, 1.54) is 0 Å². The van der Waals surface area contributed by atoms with Gasteiger partial charge in [-0.2, -0.15) is 0 Å². The molecule has 3 aromatic carbocycles. The molecule has 0 aromatic heterocycles. The van der Waals surface area contributed by atoms with Crippen LogP contribution in [0.15, 0.2) is 84.9 Å². The summed E-state index contributed by atoms with van der Waals surface area (Å²) < 4.78 is 0. The number of hydrogen-bond acceptors (Lipinski definition) is 2. The number of nitrogens with zero attached hydrogens (tertiary/aromatic N) is 2. The van der Waals surface area contributed by atoms with Gasteiger partial charge >= 0.3 is 0 Å². The Morgan fingerprint density at radius 1 is 0.767 bits per heavy atom. The van der Waals surface area contributed by atoms with Crippen LogP contribution in [0.5, 0.6) is 0 Å². The lowest BCUT2D eigenvalue weighted by Gasteiger charge is -2.24. The monoisotopic (exact) mass is 398 g/mol. The molecule has 152 valence electrons. The second-order valence-corrected chi connectivity index (χ2v) is 7.68. The second kappa shape index (κ2) is 9.40. The highest BCUT2D eigenvalue weighted by Gasteiger charge is 2.21. The standard InChI is InChI=1S/C26H26N2O2/c29-25(27-16-7-8-17-27)19-22-12-9-15-24(18-22)28(20-21-10-3-1-4-11-21)26(30)23-13-5-2-6-14-23/h1-6,9-15,18H,7-8,16-17,19-20H2. The van der Waals surface area contributed by atoms with E-state index in [0.717, 1.165) is 42.7 Å². The van der Waals surface area contributed by atoms with E-state index in [0.29, 0.717) is 18.5 Å². The van der Waals surface area contributed by atoms with Gasteiger partial charge in [0.25, 0.3) is 5.91 Å². The number of amides is 2. The predicted molar refractivity (Wildman–Crippen MR) is 119 cm³/mol. The second-order valence-electron chi connectivity index (χ2n) is 7.68. The van der Waals surface area contributed by atoms with Gasteiger partial charge in [0.15, 0.2) is 0 Å². The maximum Gasteiger partial charge on any atom is 0.258 e. The molecule has 30 heavy (non-hydrogen) atoms. The lowest BCUT2D eigenvalue weighted by atomic mass is 10.1. The van der Waals surface area contributed by atoms with Gasteiger partial charge in [0.1, 0.15) is 0 Å². The van der Waals surface area contributed by atoms with E-state index in [9.17, 15) is 9.59 Å². The molecule has 3 aromatic rings. The Hall–Kier alpha value is -3.40. The molecule has 1 saturated heterocycles. The molecule has 1 aliphatic heterocycles. The summed E-state index contributed by atoms with van der Waals surface area (Å²) in [5, 5.41) is 0. The lowest BCUT2D eigenvalue weighted by molar-refractivity contribution is -0.129. The SMILES string of the molecule is O=C(Cc1cccc(N(Cc2ccccc2)C(=O)c2ccccc2)c1)N1CCCC1. The number of rotatable bonds is 6. The van der Waals surface area contributed by atoms with Gasteiger partial charge in [-0.05, 0) is 48.2 Å². The summed E-state index contributed by atoms with van der Waals surface area (Å²) in [5.41, 5.74) is 3.44. The molecule has 1 heterocycles. The van der Waals surface area contributed by atoms with Crippen molar-refractivity contribution < 1.29 is 9.59 Å². The molecule has 0 aliphatic carbocycles. The number of benzene rings is 3. The third-order valence-electron chi connectivity index (χ3n) is 5.49. The fourth-order valence-electron chi connectivity index (χ4n) is 3.87. The van der Waals surface area contributed by atoms with Crippen LogP contribution in [0, 0.1) is 0 Å². The summed E-state index contributed by atoms with van der Waals surface area (Å²) in [5.74, 6) is 0.108. The van der Waals surface area contributed by atoms with Crippen LogP contribution in [0.2, 0.25) is 0 Å². The molecular formula is C26H26N2O2. The van der Waals surface area contributed by atoms with Crippen molar-refractivity contribution in [1.29, 1.82) is 0 Å². The zero-order chi connectivity index (χ0) is 20.8. The van der Waals surface area contributed by atoms with E-state index < -0.39 is 0 Å². The molecule has 0 saturated carbocycles. The first-order chi connectivity index (χ1) is 14.7. The topological polar surface area (TPSA) is 40.6 Å². The van der Waals surface area contributed by atoms with Gasteiger partial charge < -0.3 is 9.80 Å². The predicted octanol–water partition coefficient (Wildman–Crippen LogP) is 4.70. The Bertz CT molecular complexity index is 996. The first kappa shape index (κ1) is 19.9. The largest absolute Gasteiger partial charge is 0.342 e. The maximum absolute atomic E-state index is 13.3. The summed E-state index contributed by atoms with van der Waals surface area (Å²) in [6.07, 6.45) is 2.54. The van der Waals surface area contributed by atoms with E-state index >= 15 is 0 Å². The third kappa shape index (κ3) is 4.77. The summed E-state index contributed by atoms with van der Waals surface area (Å²) in [7, 11) is 0. The smallest absolute Gasteiger partial charge is 0.258 e. The van der Waals surface area contributed by atoms with Gasteiger partial charge in [0, 0.05) is 24.3 Å². The molecule has 1 aliphatic rings. The molecular weight excluding hydrogens is 372 g/mol. The Balaban J connectivity index is 1.61. The molecule has 0 atom stereocenters. The summed E-state index contributed by atoms with van der Waals surface area (Å²) >= 11 is 0. The molecule has 0 radical (unpaired) electrons. The molecule has 4 heteroatoms. The number of hydrogen-bond donors (Lipinski definition) is 0. The highest BCUT2D eigenvalue weighted by atomic mass is 16.2. The van der Waals surface area contributed by atoms with E-state index in [1.54, 1.807) is 4.90 Å². The molecule has 0 unspecified atom stereocenters. The zero-order valence-corrected chi connectivity index (χ0v) is 17.0. The Morgan fingerprint density at radius 3 is 2.10 bits per heavy atom. The van der Waals surface area contributed by atoms with Crippen molar-refractivity contribution in [3.05, 3.63) is 102 Å². The van der Waals surface area contributed by atoms with Crippen molar-refractivity contribution >= 4 is 17.5 Å². The first-order valence-corrected chi connectivity index (χ1v) is 10.5. The molecule has 0 bridgehead atoms. The highest BCUT2D eigenvalue weighted by Crippen LogP contribution is 2.23. The van der Waals surface area contributed by atoms with Crippen LogP contribution in [0.3, 0.4) is 0 Å². The fraction of sp³-hybridized carbons (Fsp3) is 0.231. The van der Waals surface area contributed by atoms with E-state index in [2.05, 4.69) is 0 Å². The van der Waals surface area contributed by atoms with Crippen molar-refractivity contribution in [2.24, 2.45) is 0 Å². The summed E-state index contributed by atoms with van der Waals surface area (Å²) in [6.45, 7) is 2.17. The van der Waals surface area contributed by atoms with Crippen LogP contribution in [-0.2, 0) is 17.8 Å². The van der Waals surface area contributed by atoms with Crippen molar-refractivity contribution in [2.75, 3.05) is 18.0 Å². The molecule has 2 amide bonds. The molecule has 0 spiro atoms. The van der Waals surface area contributed by atoms with Crippen molar-refractivity contribution in [1.82, 2.24) is 4.90 Å². The molecule has 4 nitrogen and oxygen atoms in total. The van der Waals surface area contributed by atoms with E-state index in [1.807, 2.05) is 89.8 Å². The minimum atomic E-state index is -0.0533. The fourth-order valence-corrected chi connectivity index (χ4v) is 3.87. The van der Waals surface area contributed by atoms with Crippen LogP contribution in [0.25, 0.3) is 0 Å². The van der Waals surface area contributed by atoms with Crippen LogP contribution in [0.1, 0.15) is 34.3 Å². The summed E-state index contributed by atoms with van der Waals surface area (Å²) in [4.78, 5) is 29.7. The Kier molecular flexibility index (Phi) is 6.23. The summed E-state index contributed by atoms with van der Waals surface area (Å²) in [6, 6.07) is 27.1. The number of carbonyl (C=O) groups is 2. The van der Waals surface area contributed by atoms with E-state index in [-0.39, 0.29) is 11.8 Å². The van der Waals surface area contributed by atoms with Crippen molar-refractivity contribution in [2.45, 2.75) is 25.8 Å². The average molecular weight is 399 g/mol. The molecule has 0 N–H and O–H groups in total. The van der Waals surface area contributed by atoms with Crippen LogP contribution in [0.4, 0.5) is 5.69 Å². The molecule has 4 rings (SSSR count). The van der Waals surface area contributed by atoms with Gasteiger partial charge in [-0.15, -0.1) is 0 Å². The van der Waals surface area contributed by atoms with Crippen LogP contribution < -0.4 is 4.90 Å². The lowest BCUT2D eigenvalue weighted by Crippen LogP contribution is -2.31. The van der Waals surface area contributed by atoms with Crippen LogP contribution in [-0.4, -0.2) is 29.8 Å². The number of carbonyl (C=O) groups excluding carboxylic acids is 2. The van der Waals surface area contributed by atoms with Gasteiger partial charge in [0.05, 0.1) is 13.0 Å². The van der Waals surface area contributed by atoms with Crippen molar-refractivity contribution in [3.8, 4) is 0 Å². The van der Waals surface area contributed by atoms with E-state index in [4.69, 9.17) is 0 Å². The number of likely N-dealkylation sites (tertiary alicyclic amines) is 1. The molecule has 1 fully saturated rings. The highest BCUT2D eigenvalue weighted by molar-refractivity contribution is 6.06. The Morgan fingerprint density at radius 2 is 1.40 bits per heavy atom. The minimum Gasteiger partial charge on any atom is -0.342 e. The average Bonchev–Trinajstić information content (AvgIpc) is 3.34. The third-order valence-corrected chi connectivity index (χ3v) is 5.49. The van der Waals surface area contributed by atoms with Gasteiger partial charge in [-0.3, -0.25) is 9.59 Å². The van der Waals surface area contributed by atoms with Gasteiger partial charge in [-0.25, -0.2) is 0 Å². The number of anilines is 1. The first-order valence-electron chi connectivity index (χ1n) is 10.5.